The van der Waals surface area contributed by atoms with E-state index in [0.717, 1.165) is 18.7 Å². The van der Waals surface area contributed by atoms with E-state index in [1.54, 1.807) is 14.2 Å². The minimum Gasteiger partial charge on any atom is -0.497 e. The molecule has 0 fully saturated rings. The number of hydrogen-bond acceptors (Lipinski definition) is 3. The third-order valence-electron chi connectivity index (χ3n) is 4.72. The first-order valence-corrected chi connectivity index (χ1v) is 8.20. The molecule has 1 atom stereocenters. The van der Waals surface area contributed by atoms with Gasteiger partial charge in [0, 0.05) is 13.7 Å². The zero-order chi connectivity index (χ0) is 17.1. The van der Waals surface area contributed by atoms with E-state index in [1.807, 2.05) is 17.0 Å². The number of ether oxygens (including phenoxy) is 2. The van der Waals surface area contributed by atoms with E-state index in [0.29, 0.717) is 0 Å². The van der Waals surface area contributed by atoms with E-state index < -0.39 is 0 Å². The van der Waals surface area contributed by atoms with Gasteiger partial charge in [-0.05, 0) is 47.7 Å². The zero-order valence-electron chi connectivity index (χ0n) is 14.4. The molecule has 2 aromatic carbocycles. The summed E-state index contributed by atoms with van der Waals surface area (Å²) in [5.41, 5.74) is 4.97. The molecule has 3 rings (SSSR count). The smallest absolute Gasteiger partial charge is 0.249 e. The van der Waals surface area contributed by atoms with Crippen molar-refractivity contribution >= 4 is 5.91 Å². The van der Waals surface area contributed by atoms with Crippen LogP contribution in [0.1, 0.15) is 24.1 Å². The second kappa shape index (κ2) is 7.05. The van der Waals surface area contributed by atoms with Crippen molar-refractivity contribution in [1.29, 1.82) is 0 Å². The fourth-order valence-electron chi connectivity index (χ4n) is 3.46. The largest absolute Gasteiger partial charge is 0.497 e. The summed E-state index contributed by atoms with van der Waals surface area (Å²) in [6, 6.07) is 14.5. The Morgan fingerprint density at radius 2 is 1.92 bits per heavy atom. The third-order valence-corrected chi connectivity index (χ3v) is 4.72. The Labute approximate surface area is 143 Å². The van der Waals surface area contributed by atoms with Crippen LogP contribution >= 0.6 is 0 Å². The van der Waals surface area contributed by atoms with Gasteiger partial charge in [0.1, 0.15) is 12.4 Å². The summed E-state index contributed by atoms with van der Waals surface area (Å²) >= 11 is 0. The Bertz CT molecular complexity index is 724. The van der Waals surface area contributed by atoms with Crippen molar-refractivity contribution in [3.8, 4) is 16.9 Å². The molecule has 0 spiro atoms. The number of methoxy groups -OCH3 is 2. The fourth-order valence-corrected chi connectivity index (χ4v) is 3.46. The minimum atomic E-state index is 0.0468. The predicted octanol–water partition coefficient (Wildman–Crippen LogP) is 3.45. The molecule has 1 amide bonds. The van der Waals surface area contributed by atoms with Gasteiger partial charge in [-0.15, -0.1) is 0 Å². The monoisotopic (exact) mass is 325 g/mol. The van der Waals surface area contributed by atoms with Crippen LogP contribution in [0.3, 0.4) is 0 Å². The summed E-state index contributed by atoms with van der Waals surface area (Å²) in [7, 11) is 3.23. The lowest BCUT2D eigenvalue weighted by Gasteiger charge is -2.36. The van der Waals surface area contributed by atoms with Gasteiger partial charge in [0.25, 0.3) is 0 Å². The standard InChI is InChI=1S/C20H23NO3/c1-14-17-5-4-6-18(15-7-9-16(24-3)10-8-15)19(17)11-12-21(14)20(22)13-23-2/h4-10,14H,11-13H2,1-3H3/t14-/m1/s1. The van der Waals surface area contributed by atoms with Gasteiger partial charge in [0.05, 0.1) is 13.2 Å². The van der Waals surface area contributed by atoms with E-state index >= 15 is 0 Å². The maximum Gasteiger partial charge on any atom is 0.249 e. The number of hydrogen-bond donors (Lipinski definition) is 0. The molecule has 0 radical (unpaired) electrons. The van der Waals surface area contributed by atoms with E-state index in [2.05, 4.69) is 37.3 Å². The molecule has 0 saturated heterocycles. The predicted molar refractivity (Wildman–Crippen MR) is 94.1 cm³/mol. The summed E-state index contributed by atoms with van der Waals surface area (Å²) < 4.78 is 10.2. The first-order chi connectivity index (χ1) is 11.7. The van der Waals surface area contributed by atoms with Crippen molar-refractivity contribution in [2.45, 2.75) is 19.4 Å². The van der Waals surface area contributed by atoms with Gasteiger partial charge in [0.15, 0.2) is 0 Å². The Morgan fingerprint density at radius 3 is 2.58 bits per heavy atom. The highest BCUT2D eigenvalue weighted by Gasteiger charge is 2.28. The SMILES string of the molecule is COCC(=O)N1CCc2c(-c3ccc(OC)cc3)cccc2[C@H]1C. The van der Waals surface area contributed by atoms with Gasteiger partial charge in [-0.1, -0.05) is 30.3 Å². The molecule has 1 heterocycles. The second-order valence-corrected chi connectivity index (χ2v) is 6.05. The zero-order valence-corrected chi connectivity index (χ0v) is 14.4. The molecule has 0 unspecified atom stereocenters. The molecule has 4 heteroatoms. The summed E-state index contributed by atoms with van der Waals surface area (Å²) in [6.07, 6.45) is 0.858. The second-order valence-electron chi connectivity index (χ2n) is 6.05. The Morgan fingerprint density at radius 1 is 1.17 bits per heavy atom. The van der Waals surface area contributed by atoms with Gasteiger partial charge < -0.3 is 14.4 Å². The molecule has 4 nitrogen and oxygen atoms in total. The highest BCUT2D eigenvalue weighted by atomic mass is 16.5. The molecular formula is C20H23NO3. The summed E-state index contributed by atoms with van der Waals surface area (Å²) in [6.45, 7) is 2.95. The molecule has 0 aliphatic carbocycles. The first kappa shape index (κ1) is 16.5. The van der Waals surface area contributed by atoms with Crippen molar-refractivity contribution in [3.63, 3.8) is 0 Å². The van der Waals surface area contributed by atoms with Crippen LogP contribution in [0.2, 0.25) is 0 Å². The molecule has 2 aromatic rings. The van der Waals surface area contributed by atoms with E-state index in [-0.39, 0.29) is 18.6 Å². The average Bonchev–Trinajstić information content (AvgIpc) is 2.62. The van der Waals surface area contributed by atoms with Crippen molar-refractivity contribution in [2.75, 3.05) is 27.4 Å². The fraction of sp³-hybridized carbons (Fsp3) is 0.350. The quantitative estimate of drug-likeness (QED) is 0.864. The van der Waals surface area contributed by atoms with Crippen molar-refractivity contribution in [2.24, 2.45) is 0 Å². The molecule has 1 aliphatic rings. The van der Waals surface area contributed by atoms with Crippen LogP contribution < -0.4 is 4.74 Å². The van der Waals surface area contributed by atoms with Crippen LogP contribution in [-0.4, -0.2) is 38.2 Å². The molecule has 0 bridgehead atoms. The number of carbonyl (C=O) groups excluding carboxylic acids is 1. The molecule has 24 heavy (non-hydrogen) atoms. The lowest BCUT2D eigenvalue weighted by molar-refractivity contribution is -0.137. The van der Waals surface area contributed by atoms with Crippen molar-refractivity contribution in [1.82, 2.24) is 4.90 Å². The number of nitrogens with zero attached hydrogens (tertiary/aromatic N) is 1. The molecule has 0 N–H and O–H groups in total. The Kier molecular flexibility index (Phi) is 4.86. The highest BCUT2D eigenvalue weighted by Crippen LogP contribution is 2.36. The Balaban J connectivity index is 1.95. The molecular weight excluding hydrogens is 302 g/mol. The van der Waals surface area contributed by atoms with E-state index in [4.69, 9.17) is 9.47 Å². The normalized spacial score (nSPS) is 16.6. The number of amides is 1. The van der Waals surface area contributed by atoms with Crippen LogP contribution in [0, 0.1) is 0 Å². The topological polar surface area (TPSA) is 38.8 Å². The Hall–Kier alpha value is -2.33. The minimum absolute atomic E-state index is 0.0468. The van der Waals surface area contributed by atoms with Crippen LogP contribution in [-0.2, 0) is 16.0 Å². The van der Waals surface area contributed by atoms with Crippen molar-refractivity contribution < 1.29 is 14.3 Å². The molecule has 0 aromatic heterocycles. The van der Waals surface area contributed by atoms with Crippen LogP contribution in [0.4, 0.5) is 0 Å². The maximum atomic E-state index is 12.2. The molecule has 126 valence electrons. The van der Waals surface area contributed by atoms with Gasteiger partial charge >= 0.3 is 0 Å². The van der Waals surface area contributed by atoms with E-state index in [1.165, 1.54) is 22.3 Å². The number of benzene rings is 2. The number of rotatable bonds is 4. The maximum absolute atomic E-state index is 12.2. The van der Waals surface area contributed by atoms with Gasteiger partial charge in [-0.25, -0.2) is 0 Å². The lowest BCUT2D eigenvalue weighted by atomic mass is 9.87. The van der Waals surface area contributed by atoms with Gasteiger partial charge in [-0.3, -0.25) is 4.79 Å². The van der Waals surface area contributed by atoms with Gasteiger partial charge in [-0.2, -0.15) is 0 Å². The summed E-state index contributed by atoms with van der Waals surface area (Å²) in [5, 5.41) is 0. The van der Waals surface area contributed by atoms with Gasteiger partial charge in [0.2, 0.25) is 5.91 Å². The van der Waals surface area contributed by atoms with Crippen LogP contribution in [0.25, 0.3) is 11.1 Å². The van der Waals surface area contributed by atoms with Crippen molar-refractivity contribution in [3.05, 3.63) is 53.6 Å². The van der Waals surface area contributed by atoms with Crippen LogP contribution in [0.5, 0.6) is 5.75 Å². The highest BCUT2D eigenvalue weighted by molar-refractivity contribution is 5.79. The lowest BCUT2D eigenvalue weighted by Crippen LogP contribution is -2.40. The first-order valence-electron chi connectivity index (χ1n) is 8.20. The average molecular weight is 325 g/mol. The van der Waals surface area contributed by atoms with Crippen LogP contribution in [0.15, 0.2) is 42.5 Å². The number of fused-ring (bicyclic) bond motifs is 1. The number of carbonyl (C=O) groups is 1. The molecule has 0 saturated carbocycles. The third kappa shape index (κ3) is 3.02. The summed E-state index contributed by atoms with van der Waals surface area (Å²) in [4.78, 5) is 14.1. The molecule has 1 aliphatic heterocycles. The van der Waals surface area contributed by atoms with E-state index in [9.17, 15) is 4.79 Å². The summed E-state index contributed by atoms with van der Waals surface area (Å²) in [5.74, 6) is 0.902.